The Bertz CT molecular complexity index is 1080. The number of thiophene rings is 1. The minimum absolute atomic E-state index is 0.124. The van der Waals surface area contributed by atoms with E-state index in [1.54, 1.807) is 12.1 Å². The lowest BCUT2D eigenvalue weighted by molar-refractivity contribution is 0.603. The lowest BCUT2D eigenvalue weighted by Crippen LogP contribution is -2.11. The number of anilines is 1. The summed E-state index contributed by atoms with van der Waals surface area (Å²) in [5.74, 6) is 0. The molecule has 0 aliphatic carbocycles. The Labute approximate surface area is 165 Å². The molecule has 0 unspecified atom stereocenters. The van der Waals surface area contributed by atoms with Crippen LogP contribution in [0.15, 0.2) is 68.6 Å². The van der Waals surface area contributed by atoms with Crippen LogP contribution in [0.2, 0.25) is 4.34 Å². The third-order valence-electron chi connectivity index (χ3n) is 3.41. The van der Waals surface area contributed by atoms with Crippen molar-refractivity contribution in [1.29, 1.82) is 5.26 Å². The molecule has 132 valence electrons. The average Bonchev–Trinajstić information content (AvgIpc) is 3.05. The SMILES string of the molecule is Cc1ccc(Sc2ccc(NS(=O)(=O)c3ccc(Cl)s3)cc2C#N)cc1. The summed E-state index contributed by atoms with van der Waals surface area (Å²) in [6.45, 7) is 2.01. The fourth-order valence-corrected chi connectivity index (χ4v) is 5.56. The molecular formula is C18H13ClN2O2S3. The van der Waals surface area contributed by atoms with Crippen LogP contribution >= 0.6 is 34.7 Å². The minimum Gasteiger partial charge on any atom is -0.279 e. The predicted molar refractivity (Wildman–Crippen MR) is 107 cm³/mol. The van der Waals surface area contributed by atoms with Gasteiger partial charge in [-0.15, -0.1) is 11.3 Å². The molecular weight excluding hydrogens is 408 g/mol. The van der Waals surface area contributed by atoms with Gasteiger partial charge in [0.1, 0.15) is 10.3 Å². The monoisotopic (exact) mass is 420 g/mol. The van der Waals surface area contributed by atoms with Gasteiger partial charge in [-0.25, -0.2) is 8.42 Å². The summed E-state index contributed by atoms with van der Waals surface area (Å²) in [6, 6.07) is 18.0. The van der Waals surface area contributed by atoms with Gasteiger partial charge in [-0.05, 0) is 49.4 Å². The maximum absolute atomic E-state index is 12.4. The molecule has 3 rings (SSSR count). The number of benzene rings is 2. The molecule has 0 saturated carbocycles. The largest absolute Gasteiger partial charge is 0.279 e. The number of hydrogen-bond donors (Lipinski definition) is 1. The van der Waals surface area contributed by atoms with Crippen molar-refractivity contribution in [2.24, 2.45) is 0 Å². The van der Waals surface area contributed by atoms with Gasteiger partial charge in [0.15, 0.2) is 0 Å². The summed E-state index contributed by atoms with van der Waals surface area (Å²) >= 11 is 8.24. The van der Waals surface area contributed by atoms with E-state index in [-0.39, 0.29) is 4.21 Å². The highest BCUT2D eigenvalue weighted by Crippen LogP contribution is 2.33. The van der Waals surface area contributed by atoms with Gasteiger partial charge in [0.2, 0.25) is 0 Å². The summed E-state index contributed by atoms with van der Waals surface area (Å²) in [7, 11) is -3.73. The Morgan fingerprint density at radius 3 is 2.46 bits per heavy atom. The molecule has 0 spiro atoms. The van der Waals surface area contributed by atoms with Crippen LogP contribution in [0.4, 0.5) is 5.69 Å². The van der Waals surface area contributed by atoms with Gasteiger partial charge in [-0.1, -0.05) is 41.1 Å². The number of halogens is 1. The lowest BCUT2D eigenvalue weighted by Gasteiger charge is -2.09. The maximum Gasteiger partial charge on any atom is 0.271 e. The van der Waals surface area contributed by atoms with Crippen LogP contribution < -0.4 is 4.72 Å². The summed E-state index contributed by atoms with van der Waals surface area (Å²) in [4.78, 5) is 1.77. The number of rotatable bonds is 5. The van der Waals surface area contributed by atoms with Gasteiger partial charge in [0.25, 0.3) is 10.0 Å². The molecule has 1 N–H and O–H groups in total. The molecule has 1 aromatic heterocycles. The number of aryl methyl sites for hydroxylation is 1. The van der Waals surface area contributed by atoms with E-state index in [0.717, 1.165) is 26.7 Å². The second-order valence-electron chi connectivity index (χ2n) is 5.40. The van der Waals surface area contributed by atoms with E-state index < -0.39 is 10.0 Å². The Balaban J connectivity index is 1.85. The maximum atomic E-state index is 12.4. The highest BCUT2D eigenvalue weighted by Gasteiger charge is 2.17. The van der Waals surface area contributed by atoms with Crippen molar-refractivity contribution in [1.82, 2.24) is 0 Å². The third kappa shape index (κ3) is 4.40. The van der Waals surface area contributed by atoms with Crippen molar-refractivity contribution < 1.29 is 8.42 Å². The van der Waals surface area contributed by atoms with E-state index in [1.165, 1.54) is 30.0 Å². The molecule has 0 aliphatic rings. The van der Waals surface area contributed by atoms with Crippen LogP contribution in [0.3, 0.4) is 0 Å². The van der Waals surface area contributed by atoms with E-state index >= 15 is 0 Å². The second-order valence-corrected chi connectivity index (χ2v) is 10.1. The summed E-state index contributed by atoms with van der Waals surface area (Å²) in [5, 5.41) is 9.43. The van der Waals surface area contributed by atoms with E-state index in [9.17, 15) is 13.7 Å². The smallest absolute Gasteiger partial charge is 0.271 e. The number of sulfonamides is 1. The standard InChI is InChI=1S/C18H13ClN2O2S3/c1-12-2-5-15(6-3-12)24-16-7-4-14(10-13(16)11-20)21-26(22,23)18-9-8-17(19)25-18/h2-10,21H,1H3. The van der Waals surface area contributed by atoms with Crippen molar-refractivity contribution >= 4 is 50.4 Å². The average molecular weight is 421 g/mol. The predicted octanol–water partition coefficient (Wildman–Crippen LogP) is 5.53. The zero-order valence-corrected chi connectivity index (χ0v) is 16.8. The van der Waals surface area contributed by atoms with Gasteiger partial charge >= 0.3 is 0 Å². The van der Waals surface area contributed by atoms with E-state index in [1.807, 2.05) is 31.2 Å². The van der Waals surface area contributed by atoms with E-state index in [4.69, 9.17) is 11.6 Å². The third-order valence-corrected chi connectivity index (χ3v) is 7.60. The summed E-state index contributed by atoms with van der Waals surface area (Å²) < 4.78 is 27.8. The topological polar surface area (TPSA) is 70.0 Å². The molecule has 1 heterocycles. The van der Waals surface area contributed by atoms with Crippen molar-refractivity contribution in [3.05, 3.63) is 70.1 Å². The Hall–Kier alpha value is -1.98. The quantitative estimate of drug-likeness (QED) is 0.588. The van der Waals surface area contributed by atoms with Gasteiger partial charge in [0.05, 0.1) is 15.6 Å². The van der Waals surface area contributed by atoms with Gasteiger partial charge in [-0.2, -0.15) is 5.26 Å². The number of hydrogen-bond acceptors (Lipinski definition) is 5. The lowest BCUT2D eigenvalue weighted by atomic mass is 10.2. The molecule has 3 aromatic rings. The van der Waals surface area contributed by atoms with Crippen molar-refractivity contribution in [3.63, 3.8) is 0 Å². The highest BCUT2D eigenvalue weighted by molar-refractivity contribution is 7.99. The molecule has 0 bridgehead atoms. The molecule has 0 fully saturated rings. The van der Waals surface area contributed by atoms with Crippen LogP contribution in [-0.2, 0) is 10.0 Å². The molecule has 0 saturated heterocycles. The van der Waals surface area contributed by atoms with Gasteiger partial charge in [0, 0.05) is 9.79 Å². The fraction of sp³-hybridized carbons (Fsp3) is 0.0556. The second kappa shape index (κ2) is 7.72. The molecule has 0 atom stereocenters. The van der Waals surface area contributed by atoms with E-state index in [0.29, 0.717) is 15.6 Å². The van der Waals surface area contributed by atoms with E-state index in [2.05, 4.69) is 10.8 Å². The van der Waals surface area contributed by atoms with Crippen LogP contribution in [0.1, 0.15) is 11.1 Å². The molecule has 2 aromatic carbocycles. The Morgan fingerprint density at radius 1 is 1.12 bits per heavy atom. The summed E-state index contributed by atoms with van der Waals surface area (Å²) in [5.41, 5.74) is 1.90. The van der Waals surface area contributed by atoms with Crippen molar-refractivity contribution in [2.75, 3.05) is 4.72 Å². The zero-order valence-electron chi connectivity index (χ0n) is 13.6. The van der Waals surface area contributed by atoms with Crippen molar-refractivity contribution in [2.45, 2.75) is 20.9 Å². The highest BCUT2D eigenvalue weighted by atomic mass is 35.5. The first kappa shape index (κ1) is 18.8. The summed E-state index contributed by atoms with van der Waals surface area (Å²) in [6.07, 6.45) is 0. The first-order chi connectivity index (χ1) is 12.4. The van der Waals surface area contributed by atoms with Crippen molar-refractivity contribution in [3.8, 4) is 6.07 Å². The molecule has 0 aliphatic heterocycles. The minimum atomic E-state index is -3.73. The molecule has 8 heteroatoms. The van der Waals surface area contributed by atoms with Crippen LogP contribution in [-0.4, -0.2) is 8.42 Å². The number of nitriles is 1. The Kier molecular flexibility index (Phi) is 5.58. The first-order valence-corrected chi connectivity index (χ1v) is 10.9. The first-order valence-electron chi connectivity index (χ1n) is 7.44. The normalized spacial score (nSPS) is 11.1. The number of nitrogens with one attached hydrogen (secondary N) is 1. The van der Waals surface area contributed by atoms with Gasteiger partial charge < -0.3 is 0 Å². The zero-order chi connectivity index (χ0) is 18.7. The molecule has 4 nitrogen and oxygen atoms in total. The fourth-order valence-electron chi connectivity index (χ4n) is 2.15. The molecule has 0 amide bonds. The van der Waals surface area contributed by atoms with Crippen LogP contribution in [0.25, 0.3) is 0 Å². The Morgan fingerprint density at radius 2 is 1.85 bits per heavy atom. The van der Waals surface area contributed by atoms with Crippen LogP contribution in [0, 0.1) is 18.3 Å². The van der Waals surface area contributed by atoms with Gasteiger partial charge in [-0.3, -0.25) is 4.72 Å². The number of nitrogens with zero attached hydrogens (tertiary/aromatic N) is 1. The van der Waals surface area contributed by atoms with Crippen LogP contribution in [0.5, 0.6) is 0 Å². The molecule has 26 heavy (non-hydrogen) atoms. The molecule has 0 radical (unpaired) electrons.